The van der Waals surface area contributed by atoms with E-state index in [0.717, 1.165) is 5.56 Å². The number of carbonyl (C=O) groups excluding carboxylic acids is 1. The number of fused-ring (bicyclic) bond motifs is 3. The Balaban J connectivity index is 2.02. The van der Waals surface area contributed by atoms with E-state index in [0.29, 0.717) is 11.7 Å². The van der Waals surface area contributed by atoms with Crippen LogP contribution in [0.25, 0.3) is 0 Å². The third-order valence-corrected chi connectivity index (χ3v) is 4.08. The first-order chi connectivity index (χ1) is 8.59. The maximum Gasteiger partial charge on any atom is 0.317 e. The monoisotopic (exact) mass is 246 g/mol. The van der Waals surface area contributed by atoms with Gasteiger partial charge in [0.05, 0.1) is 12.0 Å². The van der Waals surface area contributed by atoms with Gasteiger partial charge in [-0.15, -0.1) is 0 Å². The zero-order chi connectivity index (χ0) is 12.9. The standard InChI is InChI=1S/C15H18O3/c1-8(2)13-9(3)12-14(18-13)10-6-4-5-7-11(10)17-15(12)16/h4-9,12-14H,1-3H3/t9-,12-,13+,14-/m0/s1. The molecule has 1 aromatic rings. The summed E-state index contributed by atoms with van der Waals surface area (Å²) in [5, 5.41) is 0. The third-order valence-electron chi connectivity index (χ3n) is 4.08. The van der Waals surface area contributed by atoms with Crippen LogP contribution in [0.15, 0.2) is 24.3 Å². The average Bonchev–Trinajstić information content (AvgIpc) is 2.68. The lowest BCUT2D eigenvalue weighted by atomic mass is 9.82. The number of hydrogen-bond acceptors (Lipinski definition) is 3. The predicted molar refractivity (Wildman–Crippen MR) is 67.2 cm³/mol. The van der Waals surface area contributed by atoms with Crippen LogP contribution in [0.5, 0.6) is 5.75 Å². The molecule has 2 aliphatic rings. The molecule has 1 aromatic carbocycles. The molecule has 1 saturated heterocycles. The predicted octanol–water partition coefficient (Wildman–Crippen LogP) is 2.95. The van der Waals surface area contributed by atoms with E-state index in [-0.39, 0.29) is 30.0 Å². The summed E-state index contributed by atoms with van der Waals surface area (Å²) in [6, 6.07) is 7.67. The van der Waals surface area contributed by atoms with Crippen molar-refractivity contribution in [1.82, 2.24) is 0 Å². The highest BCUT2D eigenvalue weighted by atomic mass is 16.6. The SMILES string of the molecule is CC(C)[C@H]1O[C@H]2c3ccccc3OC(=O)[C@H]2[C@@H]1C. The molecule has 0 bridgehead atoms. The van der Waals surface area contributed by atoms with Crippen molar-refractivity contribution in [3.8, 4) is 5.75 Å². The van der Waals surface area contributed by atoms with Crippen molar-refractivity contribution < 1.29 is 14.3 Å². The number of esters is 1. The first-order valence-corrected chi connectivity index (χ1v) is 6.55. The van der Waals surface area contributed by atoms with Gasteiger partial charge < -0.3 is 9.47 Å². The zero-order valence-electron chi connectivity index (χ0n) is 10.9. The number of rotatable bonds is 1. The smallest absolute Gasteiger partial charge is 0.317 e. The van der Waals surface area contributed by atoms with Gasteiger partial charge in [0.25, 0.3) is 0 Å². The van der Waals surface area contributed by atoms with Gasteiger partial charge in [0.1, 0.15) is 11.9 Å². The van der Waals surface area contributed by atoms with Crippen LogP contribution in [0.4, 0.5) is 0 Å². The molecule has 3 rings (SSSR count). The van der Waals surface area contributed by atoms with Gasteiger partial charge in [-0.25, -0.2) is 0 Å². The second kappa shape index (κ2) is 4.09. The lowest BCUT2D eigenvalue weighted by Crippen LogP contribution is -2.33. The lowest BCUT2D eigenvalue weighted by molar-refractivity contribution is -0.144. The molecule has 0 aliphatic carbocycles. The second-order valence-electron chi connectivity index (χ2n) is 5.61. The van der Waals surface area contributed by atoms with Crippen LogP contribution in [0.2, 0.25) is 0 Å². The van der Waals surface area contributed by atoms with Crippen molar-refractivity contribution in [2.45, 2.75) is 33.0 Å². The van der Waals surface area contributed by atoms with Gasteiger partial charge in [0.2, 0.25) is 0 Å². The topological polar surface area (TPSA) is 35.5 Å². The summed E-state index contributed by atoms with van der Waals surface area (Å²) in [6.07, 6.45) is -0.0106. The summed E-state index contributed by atoms with van der Waals surface area (Å²) in [7, 11) is 0. The summed E-state index contributed by atoms with van der Waals surface area (Å²) in [5.41, 5.74) is 1.01. The molecule has 0 aromatic heterocycles. The molecule has 18 heavy (non-hydrogen) atoms. The van der Waals surface area contributed by atoms with Gasteiger partial charge in [0, 0.05) is 5.56 Å². The maximum absolute atomic E-state index is 12.1. The van der Waals surface area contributed by atoms with E-state index in [4.69, 9.17) is 9.47 Å². The lowest BCUT2D eigenvalue weighted by Gasteiger charge is -2.26. The van der Waals surface area contributed by atoms with Crippen LogP contribution >= 0.6 is 0 Å². The minimum atomic E-state index is -0.160. The van der Waals surface area contributed by atoms with E-state index < -0.39 is 0 Å². The highest BCUT2D eigenvalue weighted by Gasteiger charge is 2.51. The Morgan fingerprint density at radius 1 is 1.22 bits per heavy atom. The largest absolute Gasteiger partial charge is 0.426 e. The molecule has 2 heterocycles. The van der Waals surface area contributed by atoms with Gasteiger partial charge in [-0.1, -0.05) is 39.0 Å². The van der Waals surface area contributed by atoms with Crippen molar-refractivity contribution in [1.29, 1.82) is 0 Å². The number of ether oxygens (including phenoxy) is 2. The highest BCUT2D eigenvalue weighted by molar-refractivity contribution is 5.79. The van der Waals surface area contributed by atoms with Gasteiger partial charge in [-0.05, 0) is 17.9 Å². The number of carbonyl (C=O) groups is 1. The summed E-state index contributed by atoms with van der Waals surface area (Å²) in [6.45, 7) is 6.36. The van der Waals surface area contributed by atoms with E-state index in [1.54, 1.807) is 0 Å². The Morgan fingerprint density at radius 2 is 1.94 bits per heavy atom. The molecule has 0 spiro atoms. The Labute approximate surface area is 107 Å². The van der Waals surface area contributed by atoms with Gasteiger partial charge in [-0.2, -0.15) is 0 Å². The van der Waals surface area contributed by atoms with E-state index in [1.165, 1.54) is 0 Å². The number of hydrogen-bond donors (Lipinski definition) is 0. The van der Waals surface area contributed by atoms with Crippen molar-refractivity contribution in [3.05, 3.63) is 29.8 Å². The van der Waals surface area contributed by atoms with Gasteiger partial charge in [-0.3, -0.25) is 4.79 Å². The quantitative estimate of drug-likeness (QED) is 0.564. The van der Waals surface area contributed by atoms with E-state index in [2.05, 4.69) is 20.8 Å². The van der Waals surface area contributed by atoms with Crippen LogP contribution < -0.4 is 4.74 Å². The van der Waals surface area contributed by atoms with Crippen LogP contribution in [-0.2, 0) is 9.53 Å². The third kappa shape index (κ3) is 1.57. The van der Waals surface area contributed by atoms with Gasteiger partial charge >= 0.3 is 5.97 Å². The minimum Gasteiger partial charge on any atom is -0.426 e. The first-order valence-electron chi connectivity index (χ1n) is 6.55. The van der Waals surface area contributed by atoms with Crippen LogP contribution in [-0.4, -0.2) is 12.1 Å². The average molecular weight is 246 g/mol. The Hall–Kier alpha value is -1.35. The van der Waals surface area contributed by atoms with Gasteiger partial charge in [0.15, 0.2) is 0 Å². The molecule has 0 N–H and O–H groups in total. The summed E-state index contributed by atoms with van der Waals surface area (Å²) in [5.74, 6) is 0.962. The molecular weight excluding hydrogens is 228 g/mol. The number of benzene rings is 1. The molecule has 96 valence electrons. The summed E-state index contributed by atoms with van der Waals surface area (Å²) in [4.78, 5) is 12.1. The fraction of sp³-hybridized carbons (Fsp3) is 0.533. The second-order valence-corrected chi connectivity index (χ2v) is 5.61. The van der Waals surface area contributed by atoms with Crippen molar-refractivity contribution in [2.75, 3.05) is 0 Å². The number of para-hydroxylation sites is 1. The Bertz CT molecular complexity index is 480. The molecule has 4 atom stereocenters. The molecule has 3 heteroatoms. The zero-order valence-corrected chi connectivity index (χ0v) is 10.9. The van der Waals surface area contributed by atoms with E-state index in [9.17, 15) is 4.79 Å². The molecule has 3 nitrogen and oxygen atoms in total. The fourth-order valence-electron chi connectivity index (χ4n) is 3.21. The normalized spacial score (nSPS) is 34.1. The fourth-order valence-corrected chi connectivity index (χ4v) is 3.21. The molecule has 1 fully saturated rings. The van der Waals surface area contributed by atoms with E-state index >= 15 is 0 Å². The molecule has 0 saturated carbocycles. The van der Waals surface area contributed by atoms with Crippen LogP contribution in [0.1, 0.15) is 32.4 Å². The van der Waals surface area contributed by atoms with Crippen LogP contribution in [0, 0.1) is 17.8 Å². The van der Waals surface area contributed by atoms with E-state index in [1.807, 2.05) is 24.3 Å². The molecule has 0 amide bonds. The highest BCUT2D eigenvalue weighted by Crippen LogP contribution is 2.49. The Kier molecular flexibility index (Phi) is 2.67. The Morgan fingerprint density at radius 3 is 2.67 bits per heavy atom. The van der Waals surface area contributed by atoms with Crippen LogP contribution in [0.3, 0.4) is 0 Å². The molecule has 0 unspecified atom stereocenters. The summed E-state index contributed by atoms with van der Waals surface area (Å²) < 4.78 is 11.6. The molecule has 2 aliphatic heterocycles. The maximum atomic E-state index is 12.1. The van der Waals surface area contributed by atoms with Crippen molar-refractivity contribution in [3.63, 3.8) is 0 Å². The van der Waals surface area contributed by atoms with Crippen molar-refractivity contribution >= 4 is 5.97 Å². The minimum absolute atomic E-state index is 0.124. The molecular formula is C15H18O3. The van der Waals surface area contributed by atoms with Crippen molar-refractivity contribution in [2.24, 2.45) is 17.8 Å². The first kappa shape index (κ1) is 11.7. The summed E-state index contributed by atoms with van der Waals surface area (Å²) >= 11 is 0. The molecule has 0 radical (unpaired) electrons.